The first kappa shape index (κ1) is 24.3. The minimum atomic E-state index is -0.924. The summed E-state index contributed by atoms with van der Waals surface area (Å²) in [6, 6.07) is 31.2. The first-order chi connectivity index (χ1) is 18.0. The summed E-state index contributed by atoms with van der Waals surface area (Å²) in [7, 11) is 0. The van der Waals surface area contributed by atoms with Crippen LogP contribution in [0.4, 0.5) is 5.69 Å². The van der Waals surface area contributed by atoms with E-state index in [1.807, 2.05) is 73.7 Å². The first-order valence-corrected chi connectivity index (χ1v) is 12.6. The molecule has 1 aliphatic heterocycles. The summed E-state index contributed by atoms with van der Waals surface area (Å²) in [5.74, 6) is -0.987. The van der Waals surface area contributed by atoms with Gasteiger partial charge in [-0.2, -0.15) is 0 Å². The molecule has 0 saturated carbocycles. The number of aryl methyl sites for hydroxylation is 1. The second-order valence-corrected chi connectivity index (χ2v) is 9.51. The van der Waals surface area contributed by atoms with Crippen LogP contribution in [0, 0.1) is 0 Å². The average molecular weight is 491 g/mol. The van der Waals surface area contributed by atoms with E-state index in [9.17, 15) is 14.7 Å². The van der Waals surface area contributed by atoms with Gasteiger partial charge < -0.3 is 15.3 Å². The normalized spacial score (nSPS) is 13.5. The molecule has 1 heterocycles. The molecule has 5 heteroatoms. The number of nitrogens with zero attached hydrogens (tertiary/aromatic N) is 1. The molecule has 0 aliphatic carbocycles. The molecule has 186 valence electrons. The SMILES string of the molecule is C[C@H](NC(=O)c1ccc2c(c1)CCCN2Cc1ccccc1-c1ccc(C(=O)O)cc1)c1ccccc1. The van der Waals surface area contributed by atoms with Crippen LogP contribution in [0.3, 0.4) is 0 Å². The summed E-state index contributed by atoms with van der Waals surface area (Å²) in [6.07, 6.45) is 1.97. The Hall–Kier alpha value is -4.38. The average Bonchev–Trinajstić information content (AvgIpc) is 2.93. The second-order valence-electron chi connectivity index (χ2n) is 9.51. The van der Waals surface area contributed by atoms with Gasteiger partial charge in [0.05, 0.1) is 11.6 Å². The lowest BCUT2D eigenvalue weighted by atomic mass is 9.95. The van der Waals surface area contributed by atoms with Gasteiger partial charge in [0.2, 0.25) is 0 Å². The molecule has 37 heavy (non-hydrogen) atoms. The molecule has 1 amide bonds. The molecule has 0 aromatic heterocycles. The Kier molecular flexibility index (Phi) is 7.04. The zero-order valence-corrected chi connectivity index (χ0v) is 20.9. The second kappa shape index (κ2) is 10.7. The van der Waals surface area contributed by atoms with Crippen molar-refractivity contribution in [1.82, 2.24) is 5.32 Å². The number of benzene rings is 4. The number of carbonyl (C=O) groups is 2. The number of hydrogen-bond acceptors (Lipinski definition) is 3. The van der Waals surface area contributed by atoms with Crippen molar-refractivity contribution in [1.29, 1.82) is 0 Å². The van der Waals surface area contributed by atoms with Crippen molar-refractivity contribution >= 4 is 17.6 Å². The molecule has 0 spiro atoms. The van der Waals surface area contributed by atoms with Crippen LogP contribution >= 0.6 is 0 Å². The van der Waals surface area contributed by atoms with E-state index in [4.69, 9.17) is 0 Å². The van der Waals surface area contributed by atoms with Crippen molar-refractivity contribution in [3.63, 3.8) is 0 Å². The molecular formula is C32H30N2O3. The fourth-order valence-corrected chi connectivity index (χ4v) is 5.02. The summed E-state index contributed by atoms with van der Waals surface area (Å²) >= 11 is 0. The van der Waals surface area contributed by atoms with Gasteiger partial charge in [0.15, 0.2) is 0 Å². The van der Waals surface area contributed by atoms with Gasteiger partial charge in [-0.15, -0.1) is 0 Å². The van der Waals surface area contributed by atoms with Gasteiger partial charge in [0.25, 0.3) is 5.91 Å². The van der Waals surface area contributed by atoms with Crippen LogP contribution in [0.5, 0.6) is 0 Å². The highest BCUT2D eigenvalue weighted by Crippen LogP contribution is 2.32. The predicted octanol–water partition coefficient (Wildman–Crippen LogP) is 6.50. The number of anilines is 1. The highest BCUT2D eigenvalue weighted by atomic mass is 16.4. The molecule has 0 fully saturated rings. The Bertz CT molecular complexity index is 1410. The zero-order chi connectivity index (χ0) is 25.8. The quantitative estimate of drug-likeness (QED) is 0.310. The predicted molar refractivity (Wildman–Crippen MR) is 147 cm³/mol. The van der Waals surface area contributed by atoms with Crippen molar-refractivity contribution in [3.05, 3.63) is 125 Å². The maximum atomic E-state index is 13.0. The Balaban J connectivity index is 1.35. The largest absolute Gasteiger partial charge is 0.478 e. The summed E-state index contributed by atoms with van der Waals surface area (Å²) in [4.78, 5) is 26.6. The van der Waals surface area contributed by atoms with Crippen LogP contribution in [0.1, 0.15) is 56.8 Å². The molecule has 0 radical (unpaired) electrons. The zero-order valence-electron chi connectivity index (χ0n) is 20.9. The van der Waals surface area contributed by atoms with Crippen LogP contribution in [0.15, 0.2) is 97.1 Å². The van der Waals surface area contributed by atoms with Gasteiger partial charge in [-0.05, 0) is 77.9 Å². The third-order valence-electron chi connectivity index (χ3n) is 7.03. The Labute approximate surface area is 217 Å². The fourth-order valence-electron chi connectivity index (χ4n) is 5.02. The third kappa shape index (κ3) is 5.41. The fraction of sp³-hybridized carbons (Fsp3) is 0.188. The Morgan fingerprint density at radius 2 is 1.59 bits per heavy atom. The molecular weight excluding hydrogens is 460 g/mol. The van der Waals surface area contributed by atoms with E-state index in [0.717, 1.165) is 48.3 Å². The summed E-state index contributed by atoms with van der Waals surface area (Å²) < 4.78 is 0. The monoisotopic (exact) mass is 490 g/mol. The Morgan fingerprint density at radius 3 is 2.35 bits per heavy atom. The van der Waals surface area contributed by atoms with Crippen molar-refractivity contribution in [3.8, 4) is 11.1 Å². The molecule has 5 nitrogen and oxygen atoms in total. The lowest BCUT2D eigenvalue weighted by molar-refractivity contribution is 0.0696. The van der Waals surface area contributed by atoms with Crippen molar-refractivity contribution in [2.24, 2.45) is 0 Å². The van der Waals surface area contributed by atoms with E-state index in [-0.39, 0.29) is 17.5 Å². The molecule has 0 bridgehead atoms. The van der Waals surface area contributed by atoms with E-state index in [1.165, 1.54) is 11.1 Å². The molecule has 4 aromatic rings. The molecule has 5 rings (SSSR count). The van der Waals surface area contributed by atoms with E-state index < -0.39 is 5.97 Å². The van der Waals surface area contributed by atoms with Gasteiger partial charge in [-0.1, -0.05) is 66.7 Å². The van der Waals surface area contributed by atoms with Crippen LogP contribution in [-0.4, -0.2) is 23.5 Å². The van der Waals surface area contributed by atoms with E-state index in [1.54, 1.807) is 12.1 Å². The van der Waals surface area contributed by atoms with Gasteiger partial charge in [-0.3, -0.25) is 4.79 Å². The number of rotatable bonds is 7. The molecule has 4 aromatic carbocycles. The maximum absolute atomic E-state index is 13.0. The number of carbonyl (C=O) groups excluding carboxylic acids is 1. The molecule has 1 atom stereocenters. The smallest absolute Gasteiger partial charge is 0.335 e. The number of amides is 1. The molecule has 0 unspecified atom stereocenters. The maximum Gasteiger partial charge on any atom is 0.335 e. The highest BCUT2D eigenvalue weighted by Gasteiger charge is 2.21. The van der Waals surface area contributed by atoms with Crippen molar-refractivity contribution in [2.75, 3.05) is 11.4 Å². The third-order valence-corrected chi connectivity index (χ3v) is 7.03. The van der Waals surface area contributed by atoms with Gasteiger partial charge in [-0.25, -0.2) is 4.79 Å². The molecule has 1 aliphatic rings. The van der Waals surface area contributed by atoms with Crippen LogP contribution < -0.4 is 10.2 Å². The van der Waals surface area contributed by atoms with Gasteiger partial charge in [0.1, 0.15) is 0 Å². The lowest BCUT2D eigenvalue weighted by Crippen LogP contribution is -2.30. The summed E-state index contributed by atoms with van der Waals surface area (Å²) in [6.45, 7) is 3.68. The number of carboxylic acids is 1. The standard InChI is InChI=1S/C32H30N2O3/c1-22(23-8-3-2-4-9-23)33-31(35)27-17-18-30-26(20-27)11-7-19-34(30)21-28-10-5-6-12-29(28)24-13-15-25(16-14-24)32(36)37/h2-6,8-10,12-18,20,22H,7,11,19,21H2,1H3,(H,33,35)(H,36,37)/t22-/m0/s1. The number of hydrogen-bond donors (Lipinski definition) is 2. The Morgan fingerprint density at radius 1 is 0.892 bits per heavy atom. The van der Waals surface area contributed by atoms with Crippen LogP contribution in [0.2, 0.25) is 0 Å². The highest BCUT2D eigenvalue weighted by molar-refractivity contribution is 5.95. The van der Waals surface area contributed by atoms with Crippen molar-refractivity contribution in [2.45, 2.75) is 32.4 Å². The number of nitrogens with one attached hydrogen (secondary N) is 1. The van der Waals surface area contributed by atoms with E-state index in [0.29, 0.717) is 5.56 Å². The number of aromatic carboxylic acids is 1. The minimum absolute atomic E-state index is 0.0635. The molecule has 0 saturated heterocycles. The lowest BCUT2D eigenvalue weighted by Gasteiger charge is -2.32. The van der Waals surface area contributed by atoms with E-state index >= 15 is 0 Å². The van der Waals surface area contributed by atoms with E-state index in [2.05, 4.69) is 28.4 Å². The summed E-state index contributed by atoms with van der Waals surface area (Å²) in [5, 5.41) is 12.3. The first-order valence-electron chi connectivity index (χ1n) is 12.6. The van der Waals surface area contributed by atoms with Gasteiger partial charge in [0, 0.05) is 24.3 Å². The van der Waals surface area contributed by atoms with Crippen LogP contribution in [-0.2, 0) is 13.0 Å². The number of carboxylic acid groups (broad SMARTS) is 1. The summed E-state index contributed by atoms with van der Waals surface area (Å²) in [5.41, 5.74) is 7.67. The molecule has 2 N–H and O–H groups in total. The topological polar surface area (TPSA) is 69.6 Å². The van der Waals surface area contributed by atoms with Crippen LogP contribution in [0.25, 0.3) is 11.1 Å². The minimum Gasteiger partial charge on any atom is -0.478 e. The van der Waals surface area contributed by atoms with Crippen molar-refractivity contribution < 1.29 is 14.7 Å². The number of fused-ring (bicyclic) bond motifs is 1. The van der Waals surface area contributed by atoms with Gasteiger partial charge >= 0.3 is 5.97 Å².